The van der Waals surface area contributed by atoms with E-state index in [4.69, 9.17) is 0 Å². The minimum Gasteiger partial charge on any atom is -0.351 e. The van der Waals surface area contributed by atoms with E-state index in [1.807, 2.05) is 24.0 Å². The van der Waals surface area contributed by atoms with Crippen molar-refractivity contribution in [3.05, 3.63) is 35.1 Å². The number of rotatable bonds is 5. The molecule has 2 aromatic heterocycles. The van der Waals surface area contributed by atoms with Crippen LogP contribution in [0.2, 0.25) is 0 Å². The molecule has 1 saturated heterocycles. The Balaban J connectivity index is 1.68. The van der Waals surface area contributed by atoms with Crippen LogP contribution in [0, 0.1) is 18.3 Å². The predicted molar refractivity (Wildman–Crippen MR) is 125 cm³/mol. The van der Waals surface area contributed by atoms with Crippen LogP contribution in [-0.4, -0.2) is 45.3 Å². The van der Waals surface area contributed by atoms with Crippen LogP contribution in [-0.2, 0) is 4.79 Å². The van der Waals surface area contributed by atoms with E-state index in [0.717, 1.165) is 35.5 Å². The molecule has 0 radical (unpaired) electrons. The Bertz CT molecular complexity index is 931. The number of nitrogens with zero attached hydrogens (tertiary/aromatic N) is 3. The van der Waals surface area contributed by atoms with Crippen molar-refractivity contribution in [1.82, 2.24) is 20.2 Å². The van der Waals surface area contributed by atoms with Crippen molar-refractivity contribution in [3.8, 4) is 10.6 Å². The number of hydrogen-bond donors (Lipinski definition) is 1. The molecule has 0 bridgehead atoms. The Morgan fingerprint density at radius 2 is 2.00 bits per heavy atom. The van der Waals surface area contributed by atoms with Crippen molar-refractivity contribution in [2.45, 2.75) is 66.3 Å². The molecule has 3 rings (SSSR count). The molecule has 1 aliphatic heterocycles. The van der Waals surface area contributed by atoms with Crippen molar-refractivity contribution >= 4 is 23.2 Å². The number of aromatic nitrogens is 2. The lowest BCUT2D eigenvalue weighted by molar-refractivity contribution is -0.128. The van der Waals surface area contributed by atoms with Gasteiger partial charge >= 0.3 is 0 Å². The normalized spacial score (nSPS) is 17.5. The lowest BCUT2D eigenvalue weighted by Gasteiger charge is -2.37. The topological polar surface area (TPSA) is 75.2 Å². The van der Waals surface area contributed by atoms with Gasteiger partial charge in [-0.15, -0.1) is 11.3 Å². The molecule has 1 unspecified atom stereocenters. The van der Waals surface area contributed by atoms with E-state index >= 15 is 0 Å². The first-order chi connectivity index (χ1) is 14.5. The zero-order valence-corrected chi connectivity index (χ0v) is 20.3. The van der Waals surface area contributed by atoms with Crippen molar-refractivity contribution < 1.29 is 9.59 Å². The van der Waals surface area contributed by atoms with Crippen LogP contribution in [0.5, 0.6) is 0 Å². The van der Waals surface area contributed by atoms with E-state index in [1.54, 1.807) is 12.4 Å². The molecule has 6 nitrogen and oxygen atoms in total. The van der Waals surface area contributed by atoms with Gasteiger partial charge in [0.25, 0.3) is 5.91 Å². The third kappa shape index (κ3) is 6.12. The van der Waals surface area contributed by atoms with Crippen molar-refractivity contribution in [2.75, 3.05) is 13.1 Å². The van der Waals surface area contributed by atoms with Crippen LogP contribution in [0.25, 0.3) is 10.6 Å². The summed E-state index contributed by atoms with van der Waals surface area (Å²) in [4.78, 5) is 37.4. The molecule has 0 aliphatic carbocycles. The Hall–Kier alpha value is -2.28. The summed E-state index contributed by atoms with van der Waals surface area (Å²) in [5, 5.41) is 4.02. The first-order valence-corrected chi connectivity index (χ1v) is 11.8. The first-order valence-electron chi connectivity index (χ1n) is 10.9. The summed E-state index contributed by atoms with van der Waals surface area (Å²) in [5.41, 5.74) is 1.48. The van der Waals surface area contributed by atoms with Crippen LogP contribution in [0.3, 0.4) is 0 Å². The molecule has 0 spiro atoms. The van der Waals surface area contributed by atoms with Crippen LogP contribution >= 0.6 is 11.3 Å². The summed E-state index contributed by atoms with van der Waals surface area (Å²) < 4.78 is 0. The molecule has 2 amide bonds. The third-order valence-electron chi connectivity index (χ3n) is 5.41. The molecule has 168 valence electrons. The fraction of sp³-hybridized carbons (Fsp3) is 0.583. The summed E-state index contributed by atoms with van der Waals surface area (Å²) in [6.45, 7) is 13.7. The van der Waals surface area contributed by atoms with E-state index in [9.17, 15) is 9.59 Å². The van der Waals surface area contributed by atoms with Gasteiger partial charge in [0.05, 0.1) is 11.6 Å². The van der Waals surface area contributed by atoms with Crippen LogP contribution in [0.4, 0.5) is 0 Å². The third-order valence-corrected chi connectivity index (χ3v) is 6.61. The summed E-state index contributed by atoms with van der Waals surface area (Å²) >= 11 is 1.40. The molecule has 1 aliphatic rings. The lowest BCUT2D eigenvalue weighted by atomic mass is 9.81. The number of nitrogens with one attached hydrogen (secondary N) is 1. The summed E-state index contributed by atoms with van der Waals surface area (Å²) in [6, 6.07) is 3.81. The Morgan fingerprint density at radius 1 is 1.26 bits per heavy atom. The average Bonchev–Trinajstić information content (AvgIpc) is 3.07. The highest BCUT2D eigenvalue weighted by Crippen LogP contribution is 2.30. The number of hydrogen-bond acceptors (Lipinski definition) is 5. The minimum absolute atomic E-state index is 0.0309. The van der Waals surface area contributed by atoms with Crippen LogP contribution in [0.15, 0.2) is 24.5 Å². The highest BCUT2D eigenvalue weighted by Gasteiger charge is 2.34. The number of aryl methyl sites for hydroxylation is 1. The van der Waals surface area contributed by atoms with Crippen LogP contribution in [0.1, 0.15) is 69.2 Å². The number of thiazole rings is 1. The Kier molecular flexibility index (Phi) is 6.84. The van der Waals surface area contributed by atoms with Crippen LogP contribution < -0.4 is 5.32 Å². The second-order valence-electron chi connectivity index (χ2n) is 10.4. The summed E-state index contributed by atoms with van der Waals surface area (Å²) in [6.07, 6.45) is 6.00. The van der Waals surface area contributed by atoms with Crippen molar-refractivity contribution in [2.24, 2.45) is 11.3 Å². The van der Waals surface area contributed by atoms with Gasteiger partial charge in [0.15, 0.2) is 0 Å². The number of pyridine rings is 1. The van der Waals surface area contributed by atoms with Gasteiger partial charge in [-0.3, -0.25) is 14.6 Å². The molecule has 3 heterocycles. The van der Waals surface area contributed by atoms with Gasteiger partial charge < -0.3 is 10.2 Å². The summed E-state index contributed by atoms with van der Waals surface area (Å²) in [7, 11) is 0. The minimum atomic E-state index is -0.283. The fourth-order valence-corrected chi connectivity index (χ4v) is 5.56. The standard InChI is InChI=1S/C24H34N4O2S/c1-16-19(31-21(26-16)17-9-7-11-25-13-17)22(30)28-12-8-10-18(14-28)20(29)27-24(5,6)15-23(2,3)4/h7,9,11,13,18H,8,10,12,14-15H2,1-6H3,(H,27,29). The molecule has 1 fully saturated rings. The molecule has 31 heavy (non-hydrogen) atoms. The van der Waals surface area contributed by atoms with Crippen molar-refractivity contribution in [3.63, 3.8) is 0 Å². The monoisotopic (exact) mass is 442 g/mol. The van der Waals surface area contributed by atoms with E-state index in [2.05, 4.69) is 49.9 Å². The molecule has 0 aromatic carbocycles. The van der Waals surface area contributed by atoms with E-state index < -0.39 is 0 Å². The molecule has 2 aromatic rings. The lowest BCUT2D eigenvalue weighted by Crippen LogP contribution is -2.51. The quantitative estimate of drug-likeness (QED) is 0.728. The average molecular weight is 443 g/mol. The highest BCUT2D eigenvalue weighted by atomic mass is 32.1. The predicted octanol–water partition coefficient (Wildman–Crippen LogP) is 4.70. The molecule has 0 saturated carbocycles. The number of carbonyl (C=O) groups excluding carboxylic acids is 2. The highest BCUT2D eigenvalue weighted by molar-refractivity contribution is 7.17. The zero-order valence-electron chi connectivity index (χ0n) is 19.5. The van der Waals surface area contributed by atoms with Gasteiger partial charge in [-0.25, -0.2) is 4.98 Å². The molecule has 7 heteroatoms. The first kappa shape index (κ1) is 23.4. The Labute approximate surface area is 189 Å². The van der Waals surface area contributed by atoms with Gasteiger partial charge in [0.2, 0.25) is 5.91 Å². The van der Waals surface area contributed by atoms with Gasteiger partial charge in [-0.05, 0) is 57.6 Å². The van der Waals surface area contributed by atoms with E-state index in [-0.39, 0.29) is 28.7 Å². The molecule has 1 atom stereocenters. The molecule has 1 N–H and O–H groups in total. The smallest absolute Gasteiger partial charge is 0.265 e. The second-order valence-corrected chi connectivity index (χ2v) is 11.4. The van der Waals surface area contributed by atoms with Gasteiger partial charge in [-0.1, -0.05) is 20.8 Å². The zero-order chi connectivity index (χ0) is 22.8. The molecular weight excluding hydrogens is 408 g/mol. The maximum absolute atomic E-state index is 13.3. The van der Waals surface area contributed by atoms with Crippen molar-refractivity contribution in [1.29, 1.82) is 0 Å². The van der Waals surface area contributed by atoms with E-state index in [0.29, 0.717) is 18.0 Å². The number of likely N-dealkylation sites (tertiary alicyclic amines) is 1. The Morgan fingerprint density at radius 3 is 2.65 bits per heavy atom. The van der Waals surface area contributed by atoms with E-state index in [1.165, 1.54) is 11.3 Å². The second kappa shape index (κ2) is 9.07. The van der Waals surface area contributed by atoms with Gasteiger partial charge in [0, 0.05) is 36.6 Å². The largest absolute Gasteiger partial charge is 0.351 e. The maximum Gasteiger partial charge on any atom is 0.265 e. The van der Waals surface area contributed by atoms with Gasteiger partial charge in [-0.2, -0.15) is 0 Å². The number of amides is 2. The number of carbonyl (C=O) groups is 2. The fourth-order valence-electron chi connectivity index (χ4n) is 4.53. The van der Waals surface area contributed by atoms with Gasteiger partial charge in [0.1, 0.15) is 9.88 Å². The number of piperidine rings is 1. The SMILES string of the molecule is Cc1nc(-c2cccnc2)sc1C(=O)N1CCCC(C(=O)NC(C)(C)CC(C)(C)C)C1. The maximum atomic E-state index is 13.3. The molecular formula is C24H34N4O2S. The summed E-state index contributed by atoms with van der Waals surface area (Å²) in [5.74, 6) is -0.164.